The average molecular weight is 243 g/mol. The Morgan fingerprint density at radius 1 is 1.06 bits per heavy atom. The summed E-state index contributed by atoms with van der Waals surface area (Å²) in [7, 11) is 0. The molecule has 0 aliphatic heterocycles. The lowest BCUT2D eigenvalue weighted by atomic mass is 10.1. The Balaban J connectivity index is 1.93. The summed E-state index contributed by atoms with van der Waals surface area (Å²) in [6.45, 7) is 2.45. The number of aryl methyl sites for hydroxylation is 1. The Kier molecular flexibility index (Phi) is 3.85. The van der Waals surface area contributed by atoms with Gasteiger partial charge >= 0.3 is 0 Å². The molecule has 0 radical (unpaired) electrons. The van der Waals surface area contributed by atoms with Crippen LogP contribution in [0.3, 0.4) is 0 Å². The SMILES string of the molecule is Cc1ccc(C(N)COc2ccc(O)cc2)cc1. The fourth-order valence-corrected chi connectivity index (χ4v) is 1.64. The van der Waals surface area contributed by atoms with Gasteiger partial charge in [0.25, 0.3) is 0 Å². The smallest absolute Gasteiger partial charge is 0.119 e. The molecule has 0 amide bonds. The van der Waals surface area contributed by atoms with Crippen LogP contribution in [0.25, 0.3) is 0 Å². The molecule has 94 valence electrons. The standard InChI is InChI=1S/C15H17NO2/c1-11-2-4-12(5-3-11)15(16)10-18-14-8-6-13(17)7-9-14/h2-9,15,17H,10,16H2,1H3. The molecule has 0 aliphatic carbocycles. The van der Waals surface area contributed by atoms with E-state index < -0.39 is 0 Å². The number of benzene rings is 2. The predicted molar refractivity (Wildman–Crippen MR) is 71.7 cm³/mol. The molecule has 2 rings (SSSR count). The molecule has 0 heterocycles. The van der Waals surface area contributed by atoms with Crippen LogP contribution in [-0.2, 0) is 0 Å². The van der Waals surface area contributed by atoms with Crippen LogP contribution >= 0.6 is 0 Å². The van der Waals surface area contributed by atoms with E-state index in [1.165, 1.54) is 5.56 Å². The van der Waals surface area contributed by atoms with Crippen molar-refractivity contribution in [2.75, 3.05) is 6.61 Å². The number of ether oxygens (including phenoxy) is 1. The minimum atomic E-state index is -0.153. The Morgan fingerprint density at radius 3 is 2.28 bits per heavy atom. The first-order chi connectivity index (χ1) is 8.65. The Hall–Kier alpha value is -2.00. The highest BCUT2D eigenvalue weighted by atomic mass is 16.5. The normalized spacial score (nSPS) is 12.1. The summed E-state index contributed by atoms with van der Waals surface area (Å²) < 4.78 is 5.57. The van der Waals surface area contributed by atoms with Crippen molar-refractivity contribution in [3.8, 4) is 11.5 Å². The Labute approximate surface area is 107 Å². The molecule has 1 unspecified atom stereocenters. The molecule has 2 aromatic rings. The van der Waals surface area contributed by atoms with Gasteiger partial charge in [-0.1, -0.05) is 29.8 Å². The highest BCUT2D eigenvalue weighted by Gasteiger charge is 2.06. The van der Waals surface area contributed by atoms with Crippen molar-refractivity contribution in [2.45, 2.75) is 13.0 Å². The molecule has 3 N–H and O–H groups in total. The summed E-state index contributed by atoms with van der Waals surface area (Å²) in [6, 6.07) is 14.6. The van der Waals surface area contributed by atoms with E-state index >= 15 is 0 Å². The van der Waals surface area contributed by atoms with Crippen molar-refractivity contribution >= 4 is 0 Å². The van der Waals surface area contributed by atoms with Gasteiger partial charge in [-0.3, -0.25) is 0 Å². The predicted octanol–water partition coefficient (Wildman–Crippen LogP) is 2.78. The maximum atomic E-state index is 9.16. The molecular formula is C15H17NO2. The fraction of sp³-hybridized carbons (Fsp3) is 0.200. The first-order valence-electron chi connectivity index (χ1n) is 5.89. The second-order valence-corrected chi connectivity index (χ2v) is 4.32. The van der Waals surface area contributed by atoms with Crippen molar-refractivity contribution in [2.24, 2.45) is 5.73 Å². The van der Waals surface area contributed by atoms with Crippen LogP contribution in [0.2, 0.25) is 0 Å². The maximum absolute atomic E-state index is 9.16. The molecule has 1 atom stereocenters. The molecule has 0 spiro atoms. The van der Waals surface area contributed by atoms with Crippen LogP contribution < -0.4 is 10.5 Å². The summed E-state index contributed by atoms with van der Waals surface area (Å²) in [5.74, 6) is 0.931. The van der Waals surface area contributed by atoms with Gasteiger partial charge in [0.15, 0.2) is 0 Å². The lowest BCUT2D eigenvalue weighted by Crippen LogP contribution is -2.18. The quantitative estimate of drug-likeness (QED) is 0.868. The molecule has 0 saturated carbocycles. The fourth-order valence-electron chi connectivity index (χ4n) is 1.64. The molecular weight excluding hydrogens is 226 g/mol. The van der Waals surface area contributed by atoms with Gasteiger partial charge < -0.3 is 15.6 Å². The third kappa shape index (κ3) is 3.25. The molecule has 3 nitrogen and oxygen atoms in total. The molecule has 2 aromatic carbocycles. The van der Waals surface area contributed by atoms with Gasteiger partial charge in [-0.05, 0) is 36.8 Å². The van der Waals surface area contributed by atoms with Gasteiger partial charge in [-0.15, -0.1) is 0 Å². The zero-order chi connectivity index (χ0) is 13.0. The summed E-state index contributed by atoms with van der Waals surface area (Å²) in [5, 5.41) is 9.16. The largest absolute Gasteiger partial charge is 0.508 e. The van der Waals surface area contributed by atoms with Crippen molar-refractivity contribution < 1.29 is 9.84 Å². The second kappa shape index (κ2) is 5.56. The summed E-state index contributed by atoms with van der Waals surface area (Å²) >= 11 is 0. The molecule has 0 fully saturated rings. The number of aromatic hydroxyl groups is 1. The van der Waals surface area contributed by atoms with Gasteiger partial charge in [0.2, 0.25) is 0 Å². The van der Waals surface area contributed by atoms with Crippen molar-refractivity contribution in [1.82, 2.24) is 0 Å². The summed E-state index contributed by atoms with van der Waals surface area (Å²) in [4.78, 5) is 0. The molecule has 3 heteroatoms. The lowest BCUT2D eigenvalue weighted by molar-refractivity contribution is 0.290. The number of phenolic OH excluding ortho intramolecular Hbond substituents is 1. The third-order valence-electron chi connectivity index (χ3n) is 2.77. The van der Waals surface area contributed by atoms with Gasteiger partial charge in [0.1, 0.15) is 18.1 Å². The van der Waals surface area contributed by atoms with Gasteiger partial charge in [-0.2, -0.15) is 0 Å². The number of nitrogens with two attached hydrogens (primary N) is 1. The minimum absolute atomic E-state index is 0.153. The van der Waals surface area contributed by atoms with Crippen LogP contribution in [0.5, 0.6) is 11.5 Å². The number of hydrogen-bond acceptors (Lipinski definition) is 3. The highest BCUT2D eigenvalue weighted by Crippen LogP contribution is 2.18. The van der Waals surface area contributed by atoms with Crippen LogP contribution in [0.15, 0.2) is 48.5 Å². The molecule has 0 bridgehead atoms. The van der Waals surface area contributed by atoms with E-state index in [0.717, 1.165) is 5.56 Å². The van der Waals surface area contributed by atoms with Crippen LogP contribution in [0.4, 0.5) is 0 Å². The van der Waals surface area contributed by atoms with Gasteiger partial charge in [0, 0.05) is 0 Å². The van der Waals surface area contributed by atoms with E-state index in [9.17, 15) is 0 Å². The van der Waals surface area contributed by atoms with Crippen molar-refractivity contribution in [1.29, 1.82) is 0 Å². The van der Waals surface area contributed by atoms with E-state index in [1.807, 2.05) is 31.2 Å². The number of rotatable bonds is 4. The van der Waals surface area contributed by atoms with Crippen molar-refractivity contribution in [3.63, 3.8) is 0 Å². The zero-order valence-electron chi connectivity index (χ0n) is 10.3. The summed E-state index contributed by atoms with van der Waals surface area (Å²) in [5.41, 5.74) is 8.32. The van der Waals surface area contributed by atoms with E-state index in [2.05, 4.69) is 0 Å². The minimum Gasteiger partial charge on any atom is -0.508 e. The lowest BCUT2D eigenvalue weighted by Gasteiger charge is -2.13. The maximum Gasteiger partial charge on any atom is 0.119 e. The Bertz CT molecular complexity index is 491. The highest BCUT2D eigenvalue weighted by molar-refractivity contribution is 5.30. The van der Waals surface area contributed by atoms with Crippen molar-refractivity contribution in [3.05, 3.63) is 59.7 Å². The monoisotopic (exact) mass is 243 g/mol. The molecule has 0 aromatic heterocycles. The summed E-state index contributed by atoms with van der Waals surface area (Å²) in [6.07, 6.45) is 0. The molecule has 0 aliphatic rings. The average Bonchev–Trinajstić information content (AvgIpc) is 2.38. The number of hydrogen-bond donors (Lipinski definition) is 2. The van der Waals surface area contributed by atoms with E-state index in [1.54, 1.807) is 24.3 Å². The van der Waals surface area contributed by atoms with Gasteiger partial charge in [0.05, 0.1) is 6.04 Å². The van der Waals surface area contributed by atoms with Crippen LogP contribution in [0, 0.1) is 6.92 Å². The molecule has 18 heavy (non-hydrogen) atoms. The van der Waals surface area contributed by atoms with Crippen LogP contribution in [-0.4, -0.2) is 11.7 Å². The first-order valence-corrected chi connectivity index (χ1v) is 5.89. The second-order valence-electron chi connectivity index (χ2n) is 4.32. The topological polar surface area (TPSA) is 55.5 Å². The van der Waals surface area contributed by atoms with Gasteiger partial charge in [-0.25, -0.2) is 0 Å². The van der Waals surface area contributed by atoms with E-state index in [4.69, 9.17) is 15.6 Å². The van der Waals surface area contributed by atoms with Crippen LogP contribution in [0.1, 0.15) is 17.2 Å². The zero-order valence-corrected chi connectivity index (χ0v) is 10.3. The van der Waals surface area contributed by atoms with E-state index in [-0.39, 0.29) is 11.8 Å². The first kappa shape index (κ1) is 12.5. The molecule has 0 saturated heterocycles. The number of phenols is 1. The Morgan fingerprint density at radius 2 is 1.67 bits per heavy atom. The van der Waals surface area contributed by atoms with E-state index in [0.29, 0.717) is 12.4 Å². The third-order valence-corrected chi connectivity index (χ3v) is 2.77.